The summed E-state index contributed by atoms with van der Waals surface area (Å²) in [6.45, 7) is 1.56. The number of aromatic nitrogens is 2. The monoisotopic (exact) mass is 531 g/mol. The molecule has 0 radical (unpaired) electrons. The number of esters is 1. The van der Waals surface area contributed by atoms with E-state index in [1.54, 1.807) is 73.7 Å². The molecule has 0 aliphatic rings. The fourth-order valence-corrected chi connectivity index (χ4v) is 4.13. The molecule has 0 saturated heterocycles. The maximum atomic E-state index is 13.6. The van der Waals surface area contributed by atoms with Crippen molar-refractivity contribution in [3.63, 3.8) is 0 Å². The number of carbonyl (C=O) groups excluding carboxylic acids is 1. The van der Waals surface area contributed by atoms with Crippen LogP contribution in [0.4, 0.5) is 0 Å². The molecule has 3 aromatic carbocycles. The molecule has 0 aliphatic carbocycles. The van der Waals surface area contributed by atoms with Crippen LogP contribution in [0, 0.1) is 0 Å². The summed E-state index contributed by atoms with van der Waals surface area (Å²) in [7, 11) is 2.76. The van der Waals surface area contributed by atoms with Crippen molar-refractivity contribution in [2.75, 3.05) is 14.2 Å². The van der Waals surface area contributed by atoms with Gasteiger partial charge in [0.25, 0.3) is 5.56 Å². The topological polar surface area (TPSA) is 105 Å². The Morgan fingerprint density at radius 3 is 2.71 bits per heavy atom. The smallest absolute Gasteiger partial charge is 0.346 e. The summed E-state index contributed by atoms with van der Waals surface area (Å²) < 4.78 is 23.2. The second-order valence-corrected chi connectivity index (χ2v) is 8.71. The molecular formula is C28H22ClN3O6. The molecule has 0 N–H and O–H groups in total. The Morgan fingerprint density at radius 1 is 1.11 bits per heavy atom. The minimum absolute atomic E-state index is 0.200. The van der Waals surface area contributed by atoms with Gasteiger partial charge in [-0.1, -0.05) is 29.8 Å². The third-order valence-corrected chi connectivity index (χ3v) is 6.06. The zero-order valence-corrected chi connectivity index (χ0v) is 21.4. The van der Waals surface area contributed by atoms with Crippen molar-refractivity contribution in [1.82, 2.24) is 9.66 Å². The normalized spacial score (nSPS) is 12.2. The number of ether oxygens (including phenoxy) is 3. The van der Waals surface area contributed by atoms with E-state index in [0.29, 0.717) is 38.6 Å². The Kier molecular flexibility index (Phi) is 6.85. The zero-order chi connectivity index (χ0) is 26.8. The third-order valence-electron chi connectivity index (χ3n) is 5.82. The molecule has 0 amide bonds. The van der Waals surface area contributed by atoms with Crippen molar-refractivity contribution >= 4 is 45.7 Å². The lowest BCUT2D eigenvalue weighted by Gasteiger charge is -2.17. The van der Waals surface area contributed by atoms with E-state index in [0.717, 1.165) is 10.1 Å². The Hall–Kier alpha value is -4.63. The van der Waals surface area contributed by atoms with Crippen molar-refractivity contribution in [1.29, 1.82) is 0 Å². The number of nitrogens with zero attached hydrogens (tertiary/aromatic N) is 3. The zero-order valence-electron chi connectivity index (χ0n) is 20.7. The van der Waals surface area contributed by atoms with Crippen LogP contribution in [0.25, 0.3) is 33.5 Å². The number of fused-ring (bicyclic) bond motifs is 2. The number of carbonyl (C=O) groups is 1. The summed E-state index contributed by atoms with van der Waals surface area (Å²) in [4.78, 5) is 30.2. The highest BCUT2D eigenvalue weighted by Crippen LogP contribution is 2.32. The second-order valence-electron chi connectivity index (χ2n) is 8.27. The fourth-order valence-electron chi connectivity index (χ4n) is 3.95. The van der Waals surface area contributed by atoms with Crippen LogP contribution < -0.4 is 15.0 Å². The molecule has 0 saturated carbocycles. The number of hydrogen-bond acceptors (Lipinski definition) is 8. The lowest BCUT2D eigenvalue weighted by atomic mass is 10.2. The van der Waals surface area contributed by atoms with E-state index in [1.165, 1.54) is 20.4 Å². The van der Waals surface area contributed by atoms with Crippen molar-refractivity contribution < 1.29 is 23.4 Å². The van der Waals surface area contributed by atoms with E-state index < -0.39 is 17.6 Å². The highest BCUT2D eigenvalue weighted by molar-refractivity contribution is 6.31. The average Bonchev–Trinajstić information content (AvgIpc) is 3.35. The first-order chi connectivity index (χ1) is 18.4. The number of hydrogen-bond donors (Lipinski definition) is 0. The molecule has 9 nitrogen and oxygen atoms in total. The largest absolute Gasteiger partial charge is 0.493 e. The number of para-hydroxylation sites is 2. The average molecular weight is 532 g/mol. The van der Waals surface area contributed by atoms with Gasteiger partial charge in [0.1, 0.15) is 5.58 Å². The quantitative estimate of drug-likeness (QED) is 0.207. The Labute approximate surface area is 221 Å². The first-order valence-electron chi connectivity index (χ1n) is 11.6. The van der Waals surface area contributed by atoms with Crippen molar-refractivity contribution in [2.45, 2.75) is 13.0 Å². The van der Waals surface area contributed by atoms with Gasteiger partial charge in [0.15, 0.2) is 23.4 Å². The van der Waals surface area contributed by atoms with E-state index in [1.807, 2.05) is 0 Å². The van der Waals surface area contributed by atoms with Crippen LogP contribution in [-0.2, 0) is 9.53 Å². The number of rotatable bonds is 7. The van der Waals surface area contributed by atoms with Crippen molar-refractivity contribution in [3.05, 3.63) is 87.7 Å². The maximum Gasteiger partial charge on any atom is 0.346 e. The van der Waals surface area contributed by atoms with Gasteiger partial charge in [0, 0.05) is 16.0 Å². The third kappa shape index (κ3) is 4.71. The number of methoxy groups -OCH3 is 2. The van der Waals surface area contributed by atoms with E-state index >= 15 is 0 Å². The molecule has 5 aromatic rings. The van der Waals surface area contributed by atoms with Gasteiger partial charge in [-0.3, -0.25) is 4.79 Å². The summed E-state index contributed by atoms with van der Waals surface area (Å²) in [5.41, 5.74) is 1.15. The van der Waals surface area contributed by atoms with Crippen LogP contribution in [0.1, 0.15) is 12.5 Å². The SMILES string of the molecule is COC(=O)[C@H](C)Oc1c(C=Nn2c(-c3cc4cc(Cl)ccc4o3)nc3ccccc3c2=O)cccc1OC. The highest BCUT2D eigenvalue weighted by atomic mass is 35.5. The van der Waals surface area contributed by atoms with Gasteiger partial charge in [0.05, 0.1) is 31.3 Å². The molecule has 192 valence electrons. The first-order valence-corrected chi connectivity index (χ1v) is 11.9. The Balaban J connectivity index is 1.67. The van der Waals surface area contributed by atoms with Crippen molar-refractivity contribution in [3.8, 4) is 23.1 Å². The number of furan rings is 1. The van der Waals surface area contributed by atoms with Gasteiger partial charge in [-0.05, 0) is 55.5 Å². The lowest BCUT2D eigenvalue weighted by Crippen LogP contribution is -2.25. The van der Waals surface area contributed by atoms with Crippen LogP contribution in [0.2, 0.25) is 5.02 Å². The van der Waals surface area contributed by atoms with E-state index in [2.05, 4.69) is 10.1 Å². The first kappa shape index (κ1) is 25.0. The molecule has 0 aliphatic heterocycles. The second kappa shape index (κ2) is 10.4. The van der Waals surface area contributed by atoms with Crippen LogP contribution in [0.3, 0.4) is 0 Å². The number of benzene rings is 3. The summed E-state index contributed by atoms with van der Waals surface area (Å²) >= 11 is 6.14. The molecule has 1 atom stereocenters. The molecule has 10 heteroatoms. The number of halogens is 1. The standard InChI is InChI=1S/C28H22ClN3O6/c1-16(28(34)36-3)37-25-17(7-6-10-23(25)35-2)15-30-32-26(31-21-9-5-4-8-20(21)27(32)33)24-14-18-13-19(29)11-12-22(18)38-24/h4-16H,1-3H3/t16-/m0/s1. The molecular weight excluding hydrogens is 510 g/mol. The van der Waals surface area contributed by atoms with Crippen LogP contribution >= 0.6 is 11.6 Å². The minimum atomic E-state index is -0.911. The molecule has 0 unspecified atom stereocenters. The van der Waals surface area contributed by atoms with Crippen LogP contribution in [0.15, 0.2) is 81.0 Å². The minimum Gasteiger partial charge on any atom is -0.493 e. The van der Waals surface area contributed by atoms with Gasteiger partial charge in [-0.2, -0.15) is 9.78 Å². The molecule has 0 spiro atoms. The Bertz CT molecular complexity index is 1760. The van der Waals surface area contributed by atoms with Crippen molar-refractivity contribution in [2.24, 2.45) is 5.10 Å². The van der Waals surface area contributed by atoms with Gasteiger partial charge in [-0.25, -0.2) is 9.78 Å². The predicted molar refractivity (Wildman–Crippen MR) is 144 cm³/mol. The molecule has 0 fully saturated rings. The van der Waals surface area contributed by atoms with E-state index in [-0.39, 0.29) is 11.6 Å². The van der Waals surface area contributed by atoms with Gasteiger partial charge < -0.3 is 18.6 Å². The highest BCUT2D eigenvalue weighted by Gasteiger charge is 2.20. The molecule has 2 heterocycles. The molecule has 5 rings (SSSR count). The van der Waals surface area contributed by atoms with Crippen LogP contribution in [0.5, 0.6) is 11.5 Å². The molecule has 0 bridgehead atoms. The summed E-state index contributed by atoms with van der Waals surface area (Å²) in [5.74, 6) is 0.622. The molecule has 2 aromatic heterocycles. The maximum absolute atomic E-state index is 13.6. The summed E-state index contributed by atoms with van der Waals surface area (Å²) in [6.07, 6.45) is 0.523. The Morgan fingerprint density at radius 2 is 1.92 bits per heavy atom. The fraction of sp³-hybridized carbons (Fsp3) is 0.143. The summed E-state index contributed by atoms with van der Waals surface area (Å²) in [6, 6.07) is 19.1. The van der Waals surface area contributed by atoms with Gasteiger partial charge in [0.2, 0.25) is 5.82 Å². The van der Waals surface area contributed by atoms with Gasteiger partial charge >= 0.3 is 5.97 Å². The van der Waals surface area contributed by atoms with Gasteiger partial charge in [-0.15, -0.1) is 0 Å². The molecule has 38 heavy (non-hydrogen) atoms. The van der Waals surface area contributed by atoms with E-state index in [4.69, 9.17) is 30.2 Å². The predicted octanol–water partition coefficient (Wildman–Crippen LogP) is 5.29. The van der Waals surface area contributed by atoms with Crippen LogP contribution in [-0.4, -0.2) is 42.2 Å². The lowest BCUT2D eigenvalue weighted by molar-refractivity contribution is -0.147. The summed E-state index contributed by atoms with van der Waals surface area (Å²) in [5, 5.41) is 6.17. The van der Waals surface area contributed by atoms with E-state index in [9.17, 15) is 9.59 Å².